The number of ketones is 2. The Labute approximate surface area is 495 Å². The summed E-state index contributed by atoms with van der Waals surface area (Å²) in [4.78, 5) is 76.1. The van der Waals surface area contributed by atoms with Crippen molar-refractivity contribution in [2.24, 2.45) is 0 Å². The molecule has 0 saturated heterocycles. The van der Waals surface area contributed by atoms with Crippen LogP contribution < -0.4 is 10.6 Å². The Hall–Kier alpha value is -3.46. The molecule has 4 unspecified atom stereocenters. The van der Waals surface area contributed by atoms with Gasteiger partial charge in [0, 0.05) is 25.7 Å². The molecule has 0 aliphatic rings. The number of amides is 2. The second-order valence-corrected chi connectivity index (χ2v) is 22.4. The number of ether oxygens (including phenoxy) is 4. The molecule has 0 aromatic rings. The minimum atomic E-state index is -1.04. The molecular formula is C67H124N2O12. The summed E-state index contributed by atoms with van der Waals surface area (Å²) < 4.78 is 21.7. The molecule has 0 rings (SSSR count). The van der Waals surface area contributed by atoms with Crippen LogP contribution in [0.15, 0.2) is 24.3 Å². The van der Waals surface area contributed by atoms with Crippen LogP contribution in [0.5, 0.6) is 0 Å². The van der Waals surface area contributed by atoms with Gasteiger partial charge in [-0.25, -0.2) is 0 Å². The maximum Gasteiger partial charge on any atom is 0.306 e. The van der Waals surface area contributed by atoms with Gasteiger partial charge in [0.1, 0.15) is 26.4 Å². The van der Waals surface area contributed by atoms with Gasteiger partial charge >= 0.3 is 11.9 Å². The average molecular weight is 1150 g/mol. The summed E-state index contributed by atoms with van der Waals surface area (Å²) in [5.41, 5.74) is 0. The maximum atomic E-state index is 12.8. The van der Waals surface area contributed by atoms with Gasteiger partial charge in [-0.15, -0.1) is 0 Å². The normalized spacial score (nSPS) is 13.0. The number of esters is 2. The van der Waals surface area contributed by atoms with Crippen LogP contribution >= 0.6 is 0 Å². The Morgan fingerprint density at radius 2 is 0.642 bits per heavy atom. The predicted octanol–water partition coefficient (Wildman–Crippen LogP) is 15.1. The molecule has 4 atom stereocenters. The van der Waals surface area contributed by atoms with Gasteiger partial charge in [-0.3, -0.25) is 28.8 Å². The number of aliphatic hydroxyl groups excluding tert-OH is 2. The number of rotatable bonds is 61. The zero-order chi connectivity index (χ0) is 58.8. The van der Waals surface area contributed by atoms with Gasteiger partial charge in [-0.2, -0.15) is 0 Å². The van der Waals surface area contributed by atoms with Crippen molar-refractivity contribution >= 4 is 35.3 Å². The highest BCUT2D eigenvalue weighted by Crippen LogP contribution is 2.16. The molecule has 2 amide bonds. The van der Waals surface area contributed by atoms with Crippen LogP contribution in [0.1, 0.15) is 305 Å². The number of aliphatic hydroxyl groups is 2. The third-order valence-electron chi connectivity index (χ3n) is 14.6. The minimum absolute atomic E-state index is 0. The molecule has 0 fully saturated rings. The molecule has 0 spiro atoms. The summed E-state index contributed by atoms with van der Waals surface area (Å²) in [6.07, 6.45) is 46.9. The highest BCUT2D eigenvalue weighted by atomic mass is 16.5. The van der Waals surface area contributed by atoms with E-state index in [2.05, 4.69) is 38.3 Å². The van der Waals surface area contributed by atoms with Crippen molar-refractivity contribution in [3.63, 3.8) is 0 Å². The van der Waals surface area contributed by atoms with E-state index in [0.717, 1.165) is 103 Å². The number of Topliss-reactive ketones (excluding diaryl/α,β-unsaturated/α-hetero) is 2. The molecule has 4 N–H and O–H groups in total. The molecule has 0 bridgehead atoms. The van der Waals surface area contributed by atoms with Crippen LogP contribution in [0.25, 0.3) is 0 Å². The van der Waals surface area contributed by atoms with Crippen molar-refractivity contribution in [3.05, 3.63) is 24.3 Å². The lowest BCUT2D eigenvalue weighted by molar-refractivity contribution is -0.147. The Balaban J connectivity index is 0. The summed E-state index contributed by atoms with van der Waals surface area (Å²) in [7, 11) is 0. The van der Waals surface area contributed by atoms with Crippen LogP contribution in [0.3, 0.4) is 0 Å². The van der Waals surface area contributed by atoms with Crippen molar-refractivity contribution in [1.29, 1.82) is 0 Å². The van der Waals surface area contributed by atoms with Crippen molar-refractivity contribution in [2.75, 3.05) is 39.6 Å². The van der Waals surface area contributed by atoms with Crippen LogP contribution in [-0.4, -0.2) is 109 Å². The summed E-state index contributed by atoms with van der Waals surface area (Å²) in [6, 6.07) is -1.64. The van der Waals surface area contributed by atoms with Crippen LogP contribution in [-0.2, 0) is 47.7 Å². The van der Waals surface area contributed by atoms with Crippen molar-refractivity contribution < 1.29 is 57.9 Å². The second-order valence-electron chi connectivity index (χ2n) is 22.4. The molecule has 474 valence electrons. The maximum absolute atomic E-state index is 12.8. The van der Waals surface area contributed by atoms with E-state index in [1.54, 1.807) is 12.2 Å². The smallest absolute Gasteiger partial charge is 0.306 e. The van der Waals surface area contributed by atoms with E-state index in [1.807, 2.05) is 12.2 Å². The van der Waals surface area contributed by atoms with Crippen LogP contribution in [0.4, 0.5) is 0 Å². The number of nitrogens with one attached hydrogen (secondary N) is 2. The SMILES string of the molecule is C.CCCCCCCCCCCCC/C=C/C(O)C(COC(=O)CCC(=O)COCCOCC(=O)CCC(=O)OCC(NC(=O)CCCCCCCC)C(O)/C=C/CCCCCCCCCCCCC)NC(=O)CCCCCCCC. The lowest BCUT2D eigenvalue weighted by Gasteiger charge is -2.22. The summed E-state index contributed by atoms with van der Waals surface area (Å²) in [6.45, 7) is 7.88. The van der Waals surface area contributed by atoms with E-state index < -0.39 is 36.2 Å². The lowest BCUT2D eigenvalue weighted by atomic mass is 10.0. The summed E-state index contributed by atoms with van der Waals surface area (Å²) >= 11 is 0. The number of carbonyl (C=O) groups excluding carboxylic acids is 6. The zero-order valence-corrected chi connectivity index (χ0v) is 51.5. The molecule has 0 saturated carbocycles. The predicted molar refractivity (Wildman–Crippen MR) is 331 cm³/mol. The molecule has 14 nitrogen and oxygen atoms in total. The monoisotopic (exact) mass is 1150 g/mol. The van der Waals surface area contributed by atoms with Gasteiger partial charge in [-0.05, 0) is 38.5 Å². The van der Waals surface area contributed by atoms with Gasteiger partial charge in [0.25, 0.3) is 0 Å². The number of hydrogen-bond donors (Lipinski definition) is 4. The highest BCUT2D eigenvalue weighted by molar-refractivity contribution is 5.84. The number of hydrogen-bond acceptors (Lipinski definition) is 12. The quantitative estimate of drug-likeness (QED) is 0.0255. The standard InChI is InChI=1S/C66H120N2O12.CH4/c1-5-9-13-17-21-23-25-27-29-31-33-35-39-43-61(71)59(67-63(73)45-41-37-19-15-11-7-3)55-79-65(75)49-47-57(69)53-77-51-52-78-54-58(70)48-50-66(76)80-56-60(68-64(74)46-42-38-20-16-12-8-4)62(72)44-40-36-34-32-30-28-26-24-22-18-14-10-6-2;/h39-40,43-44,59-62,71-72H,5-38,41-42,45-56H2,1-4H3,(H,67,73)(H,68,74);1H4/b43-39+,44-40+;. The van der Waals surface area contributed by atoms with Crippen molar-refractivity contribution in [1.82, 2.24) is 10.6 Å². The van der Waals surface area contributed by atoms with Crippen LogP contribution in [0, 0.1) is 0 Å². The Bertz CT molecular complexity index is 1440. The van der Waals surface area contributed by atoms with E-state index in [9.17, 15) is 39.0 Å². The van der Waals surface area contributed by atoms with E-state index >= 15 is 0 Å². The largest absolute Gasteiger partial charge is 0.463 e. The molecule has 0 aromatic heterocycles. The van der Waals surface area contributed by atoms with E-state index in [1.165, 1.54) is 128 Å². The molecule has 0 aliphatic heterocycles. The van der Waals surface area contributed by atoms with Crippen LogP contribution in [0.2, 0.25) is 0 Å². The molecule has 0 aliphatic carbocycles. The first-order chi connectivity index (χ1) is 39.0. The van der Waals surface area contributed by atoms with Gasteiger partial charge in [-0.1, -0.05) is 252 Å². The van der Waals surface area contributed by atoms with E-state index in [4.69, 9.17) is 18.9 Å². The Morgan fingerprint density at radius 3 is 0.938 bits per heavy atom. The average Bonchev–Trinajstić information content (AvgIpc) is 3.45. The van der Waals surface area contributed by atoms with Gasteiger partial charge in [0.15, 0.2) is 11.6 Å². The molecule has 0 aromatic carbocycles. The number of carbonyl (C=O) groups is 6. The fraction of sp³-hybridized carbons (Fsp3) is 0.851. The molecule has 0 heterocycles. The molecule has 14 heteroatoms. The fourth-order valence-electron chi connectivity index (χ4n) is 9.36. The summed E-state index contributed by atoms with van der Waals surface area (Å²) in [5, 5.41) is 27.8. The van der Waals surface area contributed by atoms with E-state index in [-0.39, 0.29) is 96.1 Å². The third-order valence-corrected chi connectivity index (χ3v) is 14.6. The zero-order valence-electron chi connectivity index (χ0n) is 51.5. The fourth-order valence-corrected chi connectivity index (χ4v) is 9.36. The van der Waals surface area contributed by atoms with Gasteiger partial charge in [0.05, 0.1) is 50.3 Å². The third kappa shape index (κ3) is 55.5. The Morgan fingerprint density at radius 1 is 0.370 bits per heavy atom. The van der Waals surface area contributed by atoms with Crippen molar-refractivity contribution in [2.45, 2.75) is 329 Å². The van der Waals surface area contributed by atoms with Crippen molar-refractivity contribution in [3.8, 4) is 0 Å². The first kappa shape index (κ1) is 79.6. The number of unbranched alkanes of at least 4 members (excludes halogenated alkanes) is 32. The molecular weight excluding hydrogens is 1020 g/mol. The molecule has 81 heavy (non-hydrogen) atoms. The number of allylic oxidation sites excluding steroid dienone is 2. The van der Waals surface area contributed by atoms with Gasteiger partial charge in [0.2, 0.25) is 11.8 Å². The van der Waals surface area contributed by atoms with Gasteiger partial charge < -0.3 is 39.8 Å². The minimum Gasteiger partial charge on any atom is -0.463 e. The summed E-state index contributed by atoms with van der Waals surface area (Å²) in [5.74, 6) is -2.31. The second kappa shape index (κ2) is 61.1. The van der Waals surface area contributed by atoms with E-state index in [0.29, 0.717) is 12.8 Å². The lowest BCUT2D eigenvalue weighted by Crippen LogP contribution is -2.46. The topological polar surface area (TPSA) is 204 Å². The first-order valence-corrected chi connectivity index (χ1v) is 32.7. The first-order valence-electron chi connectivity index (χ1n) is 32.7. The Kier molecular flexibility index (Phi) is 60.1. The highest BCUT2D eigenvalue weighted by Gasteiger charge is 2.23. The molecule has 0 radical (unpaired) electrons.